The molecule has 0 aliphatic carbocycles. The average molecular weight is 275 g/mol. The lowest BCUT2D eigenvalue weighted by Crippen LogP contribution is -2.49. The van der Waals surface area contributed by atoms with E-state index in [9.17, 15) is 9.59 Å². The molecule has 108 valence electrons. The predicted octanol–water partition coefficient (Wildman–Crippen LogP) is 1.18. The van der Waals surface area contributed by atoms with Gasteiger partial charge in [0.1, 0.15) is 0 Å². The van der Waals surface area contributed by atoms with E-state index >= 15 is 0 Å². The highest BCUT2D eigenvalue weighted by Crippen LogP contribution is 2.23. The topological polar surface area (TPSA) is 61.4 Å². The number of nitrogens with zero attached hydrogens (tertiary/aromatic N) is 1. The first-order valence-electron chi connectivity index (χ1n) is 6.94. The Balaban J connectivity index is 1.96. The van der Waals surface area contributed by atoms with Gasteiger partial charge in [-0.25, -0.2) is 0 Å². The monoisotopic (exact) mass is 275 g/mol. The zero-order valence-corrected chi connectivity index (χ0v) is 12.0. The van der Waals surface area contributed by atoms with Crippen molar-refractivity contribution >= 4 is 17.5 Å². The molecule has 2 N–H and O–H groups in total. The molecule has 5 heteroatoms. The summed E-state index contributed by atoms with van der Waals surface area (Å²) in [6, 6.07) is 7.82. The third-order valence-electron chi connectivity index (χ3n) is 3.34. The van der Waals surface area contributed by atoms with Crippen molar-refractivity contribution in [2.75, 3.05) is 31.5 Å². The summed E-state index contributed by atoms with van der Waals surface area (Å²) in [4.78, 5) is 25.2. The zero-order valence-electron chi connectivity index (χ0n) is 12.0. The smallest absolute Gasteiger partial charge is 0.238 e. The fraction of sp³-hybridized carbons (Fsp3) is 0.467. The molecule has 1 fully saturated rings. The normalized spacial score (nSPS) is 16.1. The van der Waals surface area contributed by atoms with E-state index in [2.05, 4.69) is 24.5 Å². The Labute approximate surface area is 119 Å². The molecule has 0 aromatic heterocycles. The second kappa shape index (κ2) is 6.52. The van der Waals surface area contributed by atoms with Crippen LogP contribution in [-0.2, 0) is 9.59 Å². The van der Waals surface area contributed by atoms with Crippen molar-refractivity contribution in [2.24, 2.45) is 0 Å². The minimum Gasteiger partial charge on any atom is -0.354 e. The van der Waals surface area contributed by atoms with Crippen LogP contribution in [0.15, 0.2) is 24.3 Å². The maximum atomic E-state index is 12.1. The van der Waals surface area contributed by atoms with Gasteiger partial charge in [0.25, 0.3) is 0 Å². The van der Waals surface area contributed by atoms with Crippen LogP contribution in [0.2, 0.25) is 0 Å². The highest BCUT2D eigenvalue weighted by atomic mass is 16.2. The fourth-order valence-corrected chi connectivity index (χ4v) is 2.33. The van der Waals surface area contributed by atoms with E-state index < -0.39 is 0 Å². The second-order valence-electron chi connectivity index (χ2n) is 5.35. The molecule has 1 aliphatic heterocycles. The molecule has 5 nitrogen and oxygen atoms in total. The highest BCUT2D eigenvalue weighted by molar-refractivity contribution is 5.93. The molecule has 1 aromatic carbocycles. The van der Waals surface area contributed by atoms with Gasteiger partial charge in [-0.3, -0.25) is 14.5 Å². The number of carbonyl (C=O) groups excluding carboxylic acids is 2. The largest absolute Gasteiger partial charge is 0.354 e. The van der Waals surface area contributed by atoms with E-state index in [1.807, 2.05) is 29.2 Å². The molecule has 0 saturated carbocycles. The Morgan fingerprint density at radius 1 is 1.40 bits per heavy atom. The lowest BCUT2D eigenvalue weighted by molar-refractivity contribution is -0.125. The molecule has 1 aliphatic rings. The first kappa shape index (κ1) is 14.5. The van der Waals surface area contributed by atoms with Crippen LogP contribution in [-0.4, -0.2) is 42.9 Å². The van der Waals surface area contributed by atoms with Gasteiger partial charge in [-0.1, -0.05) is 32.0 Å². The Hall–Kier alpha value is -1.88. The van der Waals surface area contributed by atoms with Crippen molar-refractivity contribution < 1.29 is 9.59 Å². The molecular weight excluding hydrogens is 254 g/mol. The fourth-order valence-electron chi connectivity index (χ4n) is 2.33. The first-order valence-corrected chi connectivity index (χ1v) is 6.94. The van der Waals surface area contributed by atoms with Gasteiger partial charge in [0.05, 0.1) is 13.1 Å². The number of nitrogens with one attached hydrogen (secondary N) is 2. The van der Waals surface area contributed by atoms with Crippen molar-refractivity contribution in [1.82, 2.24) is 10.2 Å². The molecule has 2 amide bonds. The van der Waals surface area contributed by atoms with Crippen LogP contribution < -0.4 is 10.6 Å². The van der Waals surface area contributed by atoms with E-state index in [1.54, 1.807) is 0 Å². The van der Waals surface area contributed by atoms with Crippen LogP contribution in [0.3, 0.4) is 0 Å². The molecule has 1 heterocycles. The lowest BCUT2D eigenvalue weighted by atomic mass is 10.0. The van der Waals surface area contributed by atoms with Gasteiger partial charge in [-0.15, -0.1) is 0 Å². The quantitative estimate of drug-likeness (QED) is 0.867. The number of piperazine rings is 1. The number of amides is 2. The van der Waals surface area contributed by atoms with Crippen molar-refractivity contribution in [3.05, 3.63) is 29.8 Å². The Bertz CT molecular complexity index is 500. The standard InChI is InChI=1S/C15H21N3O2/c1-11(2)12-5-3-4-6-13(12)17-15(20)10-18-8-7-16-14(19)9-18/h3-6,11H,7-10H2,1-2H3,(H,16,19)(H,17,20). The van der Waals surface area contributed by atoms with Gasteiger partial charge >= 0.3 is 0 Å². The van der Waals surface area contributed by atoms with Gasteiger partial charge in [-0.2, -0.15) is 0 Å². The average Bonchev–Trinajstić information content (AvgIpc) is 2.38. The number of hydrogen-bond acceptors (Lipinski definition) is 3. The minimum absolute atomic E-state index is 0.0216. The maximum absolute atomic E-state index is 12.1. The summed E-state index contributed by atoms with van der Waals surface area (Å²) in [5, 5.41) is 5.69. The van der Waals surface area contributed by atoms with Crippen molar-refractivity contribution in [2.45, 2.75) is 19.8 Å². The molecule has 0 bridgehead atoms. The van der Waals surface area contributed by atoms with Crippen LogP contribution in [0.25, 0.3) is 0 Å². The minimum atomic E-state index is -0.0761. The Kier molecular flexibility index (Phi) is 4.74. The number of rotatable bonds is 4. The number of carbonyl (C=O) groups is 2. The molecule has 1 aromatic rings. The highest BCUT2D eigenvalue weighted by Gasteiger charge is 2.19. The lowest BCUT2D eigenvalue weighted by Gasteiger charge is -2.26. The van der Waals surface area contributed by atoms with Gasteiger partial charge in [0.2, 0.25) is 11.8 Å². The zero-order chi connectivity index (χ0) is 14.5. The first-order chi connectivity index (χ1) is 9.56. The maximum Gasteiger partial charge on any atom is 0.238 e. The summed E-state index contributed by atoms with van der Waals surface area (Å²) >= 11 is 0. The third-order valence-corrected chi connectivity index (χ3v) is 3.34. The molecule has 2 rings (SSSR count). The summed E-state index contributed by atoms with van der Waals surface area (Å²) in [6.45, 7) is 6.05. The van der Waals surface area contributed by atoms with E-state index in [1.165, 1.54) is 0 Å². The summed E-state index contributed by atoms with van der Waals surface area (Å²) in [6.07, 6.45) is 0. The molecule has 0 spiro atoms. The SMILES string of the molecule is CC(C)c1ccccc1NC(=O)CN1CCNC(=O)C1. The van der Waals surface area contributed by atoms with E-state index in [0.29, 0.717) is 25.6 Å². The van der Waals surface area contributed by atoms with Gasteiger partial charge in [-0.05, 0) is 17.5 Å². The third kappa shape index (κ3) is 3.81. The van der Waals surface area contributed by atoms with E-state index in [4.69, 9.17) is 0 Å². The molecular formula is C15H21N3O2. The summed E-state index contributed by atoms with van der Waals surface area (Å²) in [7, 11) is 0. The number of benzene rings is 1. The molecule has 0 unspecified atom stereocenters. The van der Waals surface area contributed by atoms with Crippen LogP contribution in [0, 0.1) is 0 Å². The van der Waals surface area contributed by atoms with Crippen LogP contribution in [0.5, 0.6) is 0 Å². The molecule has 0 radical (unpaired) electrons. The number of anilines is 1. The van der Waals surface area contributed by atoms with Crippen LogP contribution >= 0.6 is 0 Å². The summed E-state index contributed by atoms with van der Waals surface area (Å²) in [5.74, 6) is 0.256. The van der Waals surface area contributed by atoms with E-state index in [0.717, 1.165) is 11.3 Å². The van der Waals surface area contributed by atoms with Crippen molar-refractivity contribution in [3.8, 4) is 0 Å². The van der Waals surface area contributed by atoms with Crippen molar-refractivity contribution in [1.29, 1.82) is 0 Å². The van der Waals surface area contributed by atoms with Gasteiger partial charge in [0.15, 0.2) is 0 Å². The summed E-state index contributed by atoms with van der Waals surface area (Å²) in [5.41, 5.74) is 1.98. The Morgan fingerprint density at radius 3 is 2.85 bits per heavy atom. The molecule has 1 saturated heterocycles. The van der Waals surface area contributed by atoms with Gasteiger partial charge < -0.3 is 10.6 Å². The van der Waals surface area contributed by atoms with Gasteiger partial charge in [0, 0.05) is 18.8 Å². The second-order valence-corrected chi connectivity index (χ2v) is 5.35. The van der Waals surface area contributed by atoms with Crippen molar-refractivity contribution in [3.63, 3.8) is 0 Å². The molecule has 0 atom stereocenters. The predicted molar refractivity (Wildman–Crippen MR) is 78.6 cm³/mol. The number of para-hydroxylation sites is 1. The summed E-state index contributed by atoms with van der Waals surface area (Å²) < 4.78 is 0. The van der Waals surface area contributed by atoms with Crippen LogP contribution in [0.4, 0.5) is 5.69 Å². The van der Waals surface area contributed by atoms with Crippen LogP contribution in [0.1, 0.15) is 25.3 Å². The Morgan fingerprint density at radius 2 is 2.15 bits per heavy atom. The molecule has 20 heavy (non-hydrogen) atoms. The van der Waals surface area contributed by atoms with E-state index in [-0.39, 0.29) is 18.4 Å². The number of hydrogen-bond donors (Lipinski definition) is 2.